The van der Waals surface area contributed by atoms with Gasteiger partial charge in [-0.1, -0.05) is 55.7 Å². The summed E-state index contributed by atoms with van der Waals surface area (Å²) >= 11 is 0. The van der Waals surface area contributed by atoms with Crippen LogP contribution in [-0.4, -0.2) is 15.0 Å². The van der Waals surface area contributed by atoms with Gasteiger partial charge in [-0.05, 0) is 47.0 Å². The molecule has 1 aliphatic carbocycles. The highest BCUT2D eigenvalue weighted by atomic mass is 35.5. The van der Waals surface area contributed by atoms with Crippen molar-refractivity contribution in [2.24, 2.45) is 0 Å². The minimum atomic E-state index is 0. The lowest BCUT2D eigenvalue weighted by molar-refractivity contribution is -0.735. The third-order valence-electron chi connectivity index (χ3n) is 4.52. The van der Waals surface area contributed by atoms with E-state index in [0.29, 0.717) is 5.92 Å². The molecule has 1 aromatic heterocycles. The summed E-state index contributed by atoms with van der Waals surface area (Å²) in [5, 5.41) is 9.70. The molecule has 1 fully saturated rings. The number of nitrogens with zero attached hydrogens (tertiary/aromatic N) is 4. The molecule has 0 aliphatic heterocycles. The Morgan fingerprint density at radius 3 is 2.12 bits per heavy atom. The third kappa shape index (κ3) is 3.34. The van der Waals surface area contributed by atoms with Crippen LogP contribution in [-0.2, 0) is 0 Å². The first-order valence-electron chi connectivity index (χ1n) is 8.42. The van der Waals surface area contributed by atoms with Gasteiger partial charge in [-0.3, -0.25) is 0 Å². The van der Waals surface area contributed by atoms with Crippen LogP contribution in [0.3, 0.4) is 0 Å². The molecule has 4 nitrogen and oxygen atoms in total. The second-order valence-corrected chi connectivity index (χ2v) is 6.14. The predicted molar refractivity (Wildman–Crippen MR) is 88.7 cm³/mol. The highest BCUT2D eigenvalue weighted by molar-refractivity contribution is 5.28. The lowest BCUT2D eigenvalue weighted by atomic mass is 9.89. The van der Waals surface area contributed by atoms with Crippen molar-refractivity contribution in [1.29, 1.82) is 0 Å². The zero-order valence-corrected chi connectivity index (χ0v) is 14.3. The average molecular weight is 341 g/mol. The Morgan fingerprint density at radius 1 is 0.833 bits per heavy atom. The van der Waals surface area contributed by atoms with E-state index in [1.54, 1.807) is 0 Å². The van der Waals surface area contributed by atoms with Gasteiger partial charge < -0.3 is 12.4 Å². The average Bonchev–Trinajstić information content (AvgIpc) is 3.09. The number of tetrazole rings is 1. The van der Waals surface area contributed by atoms with Gasteiger partial charge in [0, 0.05) is 4.80 Å². The molecule has 4 rings (SSSR count). The van der Waals surface area contributed by atoms with Gasteiger partial charge in [0.25, 0.3) is 0 Å². The summed E-state index contributed by atoms with van der Waals surface area (Å²) in [5.41, 5.74) is 2.07. The quantitative estimate of drug-likeness (QED) is 0.654. The molecule has 0 spiro atoms. The standard InChI is InChI=1S/C19H21N4.ClH/c1-4-10-16(11-5-1)19-20-22(17-12-6-2-7-13-17)23(21-19)18-14-8-3-9-15-18;/h2-3,6-9,12-16H,1,4-5,10-11H2;1H/q+1;/p-1. The third-order valence-corrected chi connectivity index (χ3v) is 4.52. The molecule has 0 amide bonds. The van der Waals surface area contributed by atoms with Crippen LogP contribution in [0.5, 0.6) is 0 Å². The van der Waals surface area contributed by atoms with E-state index in [4.69, 9.17) is 10.2 Å². The Morgan fingerprint density at radius 2 is 1.46 bits per heavy atom. The largest absolute Gasteiger partial charge is 1.00 e. The molecule has 1 saturated carbocycles. The molecule has 1 heterocycles. The van der Waals surface area contributed by atoms with Gasteiger partial charge in [0.2, 0.25) is 0 Å². The molecule has 3 aromatic rings. The molecule has 0 saturated heterocycles. The number of rotatable bonds is 3. The van der Waals surface area contributed by atoms with Crippen molar-refractivity contribution in [3.63, 3.8) is 0 Å². The minimum absolute atomic E-state index is 0. The number of hydrogen-bond donors (Lipinski definition) is 0. The van der Waals surface area contributed by atoms with Crippen molar-refractivity contribution in [3.05, 3.63) is 66.5 Å². The van der Waals surface area contributed by atoms with Crippen LogP contribution in [0, 0.1) is 0 Å². The number of hydrogen-bond acceptors (Lipinski definition) is 2. The van der Waals surface area contributed by atoms with E-state index < -0.39 is 0 Å². The Labute approximate surface area is 148 Å². The van der Waals surface area contributed by atoms with Crippen molar-refractivity contribution in [1.82, 2.24) is 15.0 Å². The maximum atomic E-state index is 4.85. The molecule has 0 unspecified atom stereocenters. The lowest BCUT2D eigenvalue weighted by Crippen LogP contribution is -3.00. The molecular formula is C19H21ClN4. The molecule has 5 heteroatoms. The van der Waals surface area contributed by atoms with Gasteiger partial charge in [-0.15, -0.1) is 0 Å². The van der Waals surface area contributed by atoms with Crippen LogP contribution in [0.25, 0.3) is 11.4 Å². The van der Waals surface area contributed by atoms with Crippen LogP contribution < -0.4 is 17.2 Å². The van der Waals surface area contributed by atoms with Crippen LogP contribution in [0.4, 0.5) is 0 Å². The highest BCUT2D eigenvalue weighted by Crippen LogP contribution is 2.30. The van der Waals surface area contributed by atoms with Gasteiger partial charge in [-0.2, -0.15) is 0 Å². The molecule has 0 radical (unpaired) electrons. The van der Waals surface area contributed by atoms with Gasteiger partial charge in [0.15, 0.2) is 5.69 Å². The summed E-state index contributed by atoms with van der Waals surface area (Å²) in [7, 11) is 0. The summed E-state index contributed by atoms with van der Waals surface area (Å²) in [6.45, 7) is 0. The molecule has 124 valence electrons. The fraction of sp³-hybridized carbons (Fsp3) is 0.316. The number of aromatic nitrogens is 4. The first-order valence-corrected chi connectivity index (χ1v) is 8.42. The van der Waals surface area contributed by atoms with E-state index in [9.17, 15) is 0 Å². The van der Waals surface area contributed by atoms with Crippen LogP contribution in [0.1, 0.15) is 43.8 Å². The SMILES string of the molecule is [Cl-].c1ccc(-n2nc(C3CCCCC3)n[n+]2-c2ccccc2)cc1. The number of para-hydroxylation sites is 2. The second-order valence-electron chi connectivity index (χ2n) is 6.14. The van der Waals surface area contributed by atoms with Crippen molar-refractivity contribution < 1.29 is 17.2 Å². The molecule has 0 N–H and O–H groups in total. The molecule has 0 atom stereocenters. The normalized spacial score (nSPS) is 15.0. The maximum Gasteiger partial charge on any atom is 0.312 e. The van der Waals surface area contributed by atoms with Crippen molar-refractivity contribution in [3.8, 4) is 11.4 Å². The first kappa shape index (κ1) is 16.7. The summed E-state index contributed by atoms with van der Waals surface area (Å²) in [6.07, 6.45) is 6.32. The zero-order valence-electron chi connectivity index (χ0n) is 13.6. The fourth-order valence-electron chi connectivity index (χ4n) is 3.28. The van der Waals surface area contributed by atoms with Crippen molar-refractivity contribution >= 4 is 0 Å². The maximum absolute atomic E-state index is 4.85. The van der Waals surface area contributed by atoms with Gasteiger partial charge in [0.05, 0.1) is 11.0 Å². The molecule has 0 bridgehead atoms. The van der Waals surface area contributed by atoms with E-state index in [1.807, 2.05) is 46.0 Å². The van der Waals surface area contributed by atoms with Crippen LogP contribution in [0.15, 0.2) is 60.7 Å². The van der Waals surface area contributed by atoms with Crippen LogP contribution in [0.2, 0.25) is 0 Å². The number of benzene rings is 2. The highest BCUT2D eigenvalue weighted by Gasteiger charge is 2.29. The molecular weight excluding hydrogens is 320 g/mol. The van der Waals surface area contributed by atoms with Gasteiger partial charge in [0.1, 0.15) is 5.69 Å². The van der Waals surface area contributed by atoms with Crippen molar-refractivity contribution in [2.45, 2.75) is 38.0 Å². The summed E-state index contributed by atoms with van der Waals surface area (Å²) < 4.78 is 0. The first-order chi connectivity index (χ1) is 11.4. The topological polar surface area (TPSA) is 34.6 Å². The second kappa shape index (κ2) is 7.58. The van der Waals surface area contributed by atoms with Gasteiger partial charge in [-0.25, -0.2) is 0 Å². The van der Waals surface area contributed by atoms with Crippen molar-refractivity contribution in [2.75, 3.05) is 0 Å². The smallest absolute Gasteiger partial charge is 0.312 e. The fourth-order valence-corrected chi connectivity index (χ4v) is 3.28. The van der Waals surface area contributed by atoms with E-state index in [0.717, 1.165) is 17.2 Å². The molecule has 24 heavy (non-hydrogen) atoms. The van der Waals surface area contributed by atoms with Crippen LogP contribution >= 0.6 is 0 Å². The Kier molecular flexibility index (Phi) is 5.26. The van der Waals surface area contributed by atoms with E-state index in [1.165, 1.54) is 32.1 Å². The zero-order chi connectivity index (χ0) is 15.5. The summed E-state index contributed by atoms with van der Waals surface area (Å²) in [5.74, 6) is 1.46. The van der Waals surface area contributed by atoms with E-state index in [-0.39, 0.29) is 12.4 Å². The molecule has 2 aromatic carbocycles. The monoisotopic (exact) mass is 340 g/mol. The summed E-state index contributed by atoms with van der Waals surface area (Å²) in [6, 6.07) is 20.5. The lowest BCUT2D eigenvalue weighted by Gasteiger charge is -2.15. The van der Waals surface area contributed by atoms with Gasteiger partial charge >= 0.3 is 5.82 Å². The summed E-state index contributed by atoms with van der Waals surface area (Å²) in [4.78, 5) is 3.83. The Balaban J connectivity index is 0.00000169. The minimum Gasteiger partial charge on any atom is -1.00 e. The Bertz CT molecular complexity index is 708. The predicted octanol–water partition coefficient (Wildman–Crippen LogP) is 0.596. The van der Waals surface area contributed by atoms with E-state index >= 15 is 0 Å². The molecule has 1 aliphatic rings. The number of halogens is 1. The Hall–Kier alpha value is -2.20. The van der Waals surface area contributed by atoms with E-state index in [2.05, 4.69) is 24.3 Å².